The maximum atomic E-state index is 12.1. The SMILES string of the molecule is NC(=O)C1CCN(C(=O)CSCc2ccc(Cl)c(Cl)c2)CC1. The molecule has 1 aliphatic heterocycles. The van der Waals surface area contributed by atoms with E-state index in [0.717, 1.165) is 5.56 Å². The molecule has 0 saturated carbocycles. The van der Waals surface area contributed by atoms with Crippen molar-refractivity contribution >= 4 is 46.8 Å². The Morgan fingerprint density at radius 3 is 2.50 bits per heavy atom. The zero-order chi connectivity index (χ0) is 16.1. The summed E-state index contributed by atoms with van der Waals surface area (Å²) in [5.74, 6) is 0.879. The Kier molecular flexibility index (Phi) is 6.41. The van der Waals surface area contributed by atoms with Crippen molar-refractivity contribution in [1.29, 1.82) is 0 Å². The van der Waals surface area contributed by atoms with Gasteiger partial charge in [0.05, 0.1) is 15.8 Å². The number of likely N-dealkylation sites (tertiary alicyclic amines) is 1. The summed E-state index contributed by atoms with van der Waals surface area (Å²) in [5.41, 5.74) is 6.33. The first kappa shape index (κ1) is 17.4. The highest BCUT2D eigenvalue weighted by molar-refractivity contribution is 7.99. The quantitative estimate of drug-likeness (QED) is 0.877. The number of hydrogen-bond donors (Lipinski definition) is 1. The van der Waals surface area contributed by atoms with Crippen molar-refractivity contribution in [3.05, 3.63) is 33.8 Å². The van der Waals surface area contributed by atoms with Crippen LogP contribution < -0.4 is 5.73 Å². The lowest BCUT2D eigenvalue weighted by molar-refractivity contribution is -0.132. The molecule has 0 atom stereocenters. The van der Waals surface area contributed by atoms with Gasteiger partial charge in [0.2, 0.25) is 11.8 Å². The minimum atomic E-state index is -0.263. The van der Waals surface area contributed by atoms with Gasteiger partial charge in [0.15, 0.2) is 0 Å². The Balaban J connectivity index is 1.74. The molecule has 0 aromatic heterocycles. The summed E-state index contributed by atoms with van der Waals surface area (Å²) >= 11 is 13.4. The number of nitrogens with two attached hydrogens (primary N) is 1. The normalized spacial score (nSPS) is 15.8. The van der Waals surface area contributed by atoms with E-state index in [2.05, 4.69) is 0 Å². The average Bonchev–Trinajstić information content (AvgIpc) is 2.51. The van der Waals surface area contributed by atoms with Gasteiger partial charge in [-0.25, -0.2) is 0 Å². The molecule has 7 heteroatoms. The zero-order valence-corrected chi connectivity index (χ0v) is 14.4. The maximum absolute atomic E-state index is 12.1. The highest BCUT2D eigenvalue weighted by Crippen LogP contribution is 2.25. The fourth-order valence-electron chi connectivity index (χ4n) is 2.39. The number of carbonyl (C=O) groups excluding carboxylic acids is 2. The van der Waals surface area contributed by atoms with Crippen LogP contribution in [0.25, 0.3) is 0 Å². The Hall–Kier alpha value is -0.910. The van der Waals surface area contributed by atoms with Gasteiger partial charge in [-0.3, -0.25) is 9.59 Å². The van der Waals surface area contributed by atoms with Crippen molar-refractivity contribution in [3.63, 3.8) is 0 Å². The lowest BCUT2D eigenvalue weighted by Gasteiger charge is -2.30. The van der Waals surface area contributed by atoms with Gasteiger partial charge in [-0.1, -0.05) is 29.3 Å². The number of thioether (sulfide) groups is 1. The number of halogens is 2. The van der Waals surface area contributed by atoms with Gasteiger partial charge < -0.3 is 10.6 Å². The molecular weight excluding hydrogens is 343 g/mol. The smallest absolute Gasteiger partial charge is 0.232 e. The number of benzene rings is 1. The van der Waals surface area contributed by atoms with Gasteiger partial charge in [0.1, 0.15) is 0 Å². The Bertz CT molecular complexity index is 560. The van der Waals surface area contributed by atoms with Gasteiger partial charge in [-0.05, 0) is 30.5 Å². The number of carbonyl (C=O) groups is 2. The third-order valence-electron chi connectivity index (χ3n) is 3.73. The van der Waals surface area contributed by atoms with E-state index in [1.165, 1.54) is 0 Å². The van der Waals surface area contributed by atoms with Crippen LogP contribution in [0.15, 0.2) is 18.2 Å². The van der Waals surface area contributed by atoms with Gasteiger partial charge in [-0.15, -0.1) is 11.8 Å². The van der Waals surface area contributed by atoms with Crippen molar-refractivity contribution < 1.29 is 9.59 Å². The first-order valence-corrected chi connectivity index (χ1v) is 8.97. The molecule has 1 aromatic carbocycles. The Morgan fingerprint density at radius 1 is 1.23 bits per heavy atom. The molecule has 1 saturated heterocycles. The molecule has 2 N–H and O–H groups in total. The van der Waals surface area contributed by atoms with Crippen molar-refractivity contribution in [2.24, 2.45) is 11.7 Å². The molecule has 0 bridgehead atoms. The van der Waals surface area contributed by atoms with E-state index in [9.17, 15) is 9.59 Å². The lowest BCUT2D eigenvalue weighted by atomic mass is 9.96. The van der Waals surface area contributed by atoms with E-state index >= 15 is 0 Å². The molecule has 1 aromatic rings. The molecular formula is C15H18Cl2N2O2S. The second-order valence-electron chi connectivity index (χ2n) is 5.30. The standard InChI is InChI=1S/C15H18Cl2N2O2S/c16-12-2-1-10(7-13(12)17)8-22-9-14(20)19-5-3-11(4-6-19)15(18)21/h1-2,7,11H,3-6,8-9H2,(H2,18,21). The zero-order valence-electron chi connectivity index (χ0n) is 12.1. The van der Waals surface area contributed by atoms with Crippen molar-refractivity contribution in [3.8, 4) is 0 Å². The van der Waals surface area contributed by atoms with Crippen LogP contribution in [0.4, 0.5) is 0 Å². The summed E-state index contributed by atoms with van der Waals surface area (Å²) in [4.78, 5) is 25.0. The predicted octanol–water partition coefficient (Wildman–Crippen LogP) is 2.95. The number of amides is 2. The van der Waals surface area contributed by atoms with Crippen LogP contribution in [0.2, 0.25) is 10.0 Å². The molecule has 0 radical (unpaired) electrons. The number of nitrogens with zero attached hydrogens (tertiary/aromatic N) is 1. The molecule has 0 unspecified atom stereocenters. The third kappa shape index (κ3) is 4.80. The fraction of sp³-hybridized carbons (Fsp3) is 0.467. The first-order chi connectivity index (χ1) is 10.5. The number of hydrogen-bond acceptors (Lipinski definition) is 3. The highest BCUT2D eigenvalue weighted by atomic mass is 35.5. The molecule has 2 rings (SSSR count). The van der Waals surface area contributed by atoms with Crippen LogP contribution in [0.1, 0.15) is 18.4 Å². The molecule has 2 amide bonds. The van der Waals surface area contributed by atoms with Crippen LogP contribution in [0.5, 0.6) is 0 Å². The molecule has 22 heavy (non-hydrogen) atoms. The van der Waals surface area contributed by atoms with Gasteiger partial charge in [-0.2, -0.15) is 0 Å². The van der Waals surface area contributed by atoms with Crippen LogP contribution in [0, 0.1) is 5.92 Å². The van der Waals surface area contributed by atoms with Crippen molar-refractivity contribution in [2.75, 3.05) is 18.8 Å². The van der Waals surface area contributed by atoms with Crippen molar-refractivity contribution in [2.45, 2.75) is 18.6 Å². The van der Waals surface area contributed by atoms with Crippen molar-refractivity contribution in [1.82, 2.24) is 4.90 Å². The first-order valence-electron chi connectivity index (χ1n) is 7.06. The molecule has 1 fully saturated rings. The molecule has 120 valence electrons. The van der Waals surface area contributed by atoms with E-state index in [-0.39, 0.29) is 17.7 Å². The minimum absolute atomic E-state index is 0.0899. The summed E-state index contributed by atoms with van der Waals surface area (Å²) in [5, 5.41) is 1.06. The molecule has 0 aliphatic carbocycles. The second-order valence-corrected chi connectivity index (χ2v) is 7.10. The summed E-state index contributed by atoms with van der Waals surface area (Å²) < 4.78 is 0. The van der Waals surface area contributed by atoms with E-state index in [0.29, 0.717) is 47.5 Å². The van der Waals surface area contributed by atoms with E-state index < -0.39 is 0 Å². The van der Waals surface area contributed by atoms with Gasteiger partial charge in [0, 0.05) is 24.8 Å². The van der Waals surface area contributed by atoms with Gasteiger partial charge in [0.25, 0.3) is 0 Å². The van der Waals surface area contributed by atoms with E-state index in [4.69, 9.17) is 28.9 Å². The fourth-order valence-corrected chi connectivity index (χ4v) is 3.59. The Morgan fingerprint density at radius 2 is 1.91 bits per heavy atom. The molecule has 1 aliphatic rings. The highest BCUT2D eigenvalue weighted by Gasteiger charge is 2.25. The maximum Gasteiger partial charge on any atom is 0.232 e. The predicted molar refractivity (Wildman–Crippen MR) is 91.1 cm³/mol. The van der Waals surface area contributed by atoms with Crippen LogP contribution in [-0.2, 0) is 15.3 Å². The molecule has 1 heterocycles. The lowest BCUT2D eigenvalue weighted by Crippen LogP contribution is -2.42. The van der Waals surface area contributed by atoms with Gasteiger partial charge >= 0.3 is 0 Å². The largest absolute Gasteiger partial charge is 0.369 e. The van der Waals surface area contributed by atoms with Crippen LogP contribution in [0.3, 0.4) is 0 Å². The number of rotatable bonds is 5. The van der Waals surface area contributed by atoms with Crippen LogP contribution in [-0.4, -0.2) is 35.6 Å². The Labute approximate surface area is 144 Å². The monoisotopic (exact) mass is 360 g/mol. The minimum Gasteiger partial charge on any atom is -0.369 e. The summed E-state index contributed by atoms with van der Waals surface area (Å²) in [6, 6.07) is 5.49. The van der Waals surface area contributed by atoms with Crippen LogP contribution >= 0.6 is 35.0 Å². The summed E-state index contributed by atoms with van der Waals surface area (Å²) in [6.07, 6.45) is 1.33. The topological polar surface area (TPSA) is 63.4 Å². The number of piperidine rings is 1. The van der Waals surface area contributed by atoms with E-state index in [1.54, 1.807) is 22.7 Å². The van der Waals surface area contributed by atoms with E-state index in [1.807, 2.05) is 12.1 Å². The summed E-state index contributed by atoms with van der Waals surface area (Å²) in [7, 11) is 0. The summed E-state index contributed by atoms with van der Waals surface area (Å²) in [6.45, 7) is 1.22. The molecule has 4 nitrogen and oxygen atoms in total. The third-order valence-corrected chi connectivity index (χ3v) is 5.46. The molecule has 0 spiro atoms. The average molecular weight is 361 g/mol. The number of primary amides is 1. The second kappa shape index (κ2) is 8.09.